The fourth-order valence-corrected chi connectivity index (χ4v) is 1.91. The number of nitrogens with one attached hydrogen (secondary N) is 1. The Bertz CT molecular complexity index is 599. The van der Waals surface area contributed by atoms with Crippen LogP contribution in [0.3, 0.4) is 0 Å². The zero-order chi connectivity index (χ0) is 15.1. The number of primary amides is 1. The van der Waals surface area contributed by atoms with Crippen molar-refractivity contribution in [2.45, 2.75) is 12.5 Å². The molecule has 0 fully saturated rings. The Morgan fingerprint density at radius 1 is 1.19 bits per heavy atom. The van der Waals surface area contributed by atoms with Crippen molar-refractivity contribution >= 4 is 11.8 Å². The number of nitrogens with zero attached hydrogens (tertiary/aromatic N) is 1. The molecule has 2 aromatic rings. The first kappa shape index (κ1) is 14.7. The molecule has 0 aliphatic heterocycles. The van der Waals surface area contributed by atoms with Gasteiger partial charge in [-0.2, -0.15) is 0 Å². The van der Waals surface area contributed by atoms with E-state index in [0.717, 1.165) is 5.56 Å². The highest BCUT2D eigenvalue weighted by Crippen LogP contribution is 2.18. The molecule has 1 aromatic carbocycles. The number of nitrogens with two attached hydrogens (primary N) is 1. The van der Waals surface area contributed by atoms with E-state index in [9.17, 15) is 9.59 Å². The van der Waals surface area contributed by atoms with E-state index in [-0.39, 0.29) is 5.91 Å². The number of carbonyl (C=O) groups excluding carboxylic acids is 2. The van der Waals surface area contributed by atoms with Crippen LogP contribution in [0.1, 0.15) is 17.0 Å². The zero-order valence-electron chi connectivity index (χ0n) is 11.4. The van der Waals surface area contributed by atoms with Crippen molar-refractivity contribution in [3.8, 4) is 0 Å². The average molecular weight is 282 g/mol. The number of aromatic nitrogens is 1. The Kier molecular flexibility index (Phi) is 5.04. The van der Waals surface area contributed by atoms with Crippen LogP contribution in [0.2, 0.25) is 0 Å². The van der Waals surface area contributed by atoms with E-state index < -0.39 is 11.8 Å². The van der Waals surface area contributed by atoms with Gasteiger partial charge in [0, 0.05) is 18.9 Å². The van der Waals surface area contributed by atoms with Crippen LogP contribution in [0.25, 0.3) is 0 Å². The van der Waals surface area contributed by atoms with Crippen molar-refractivity contribution in [2.24, 2.45) is 5.73 Å². The SMILES string of the molecule is NC(=O)C([CH]C(=O)NCc1cccnc1)c1ccccc1. The van der Waals surface area contributed by atoms with Crippen LogP contribution < -0.4 is 11.1 Å². The average Bonchev–Trinajstić information content (AvgIpc) is 2.52. The minimum Gasteiger partial charge on any atom is -0.369 e. The first-order valence-corrected chi connectivity index (χ1v) is 6.52. The molecule has 3 N–H and O–H groups in total. The van der Waals surface area contributed by atoms with Crippen molar-refractivity contribution in [3.05, 3.63) is 72.4 Å². The van der Waals surface area contributed by atoms with Gasteiger partial charge in [-0.25, -0.2) is 0 Å². The van der Waals surface area contributed by atoms with E-state index in [1.165, 1.54) is 6.42 Å². The lowest BCUT2D eigenvalue weighted by atomic mass is 9.95. The second-order valence-electron chi connectivity index (χ2n) is 4.54. The molecule has 0 aliphatic rings. The summed E-state index contributed by atoms with van der Waals surface area (Å²) in [6, 6.07) is 12.6. The van der Waals surface area contributed by atoms with E-state index in [4.69, 9.17) is 5.73 Å². The third kappa shape index (κ3) is 4.42. The van der Waals surface area contributed by atoms with Gasteiger partial charge in [0.1, 0.15) is 0 Å². The van der Waals surface area contributed by atoms with Crippen LogP contribution >= 0.6 is 0 Å². The minimum atomic E-state index is -0.736. The van der Waals surface area contributed by atoms with Gasteiger partial charge in [0.2, 0.25) is 11.8 Å². The van der Waals surface area contributed by atoms with Gasteiger partial charge in [-0.15, -0.1) is 0 Å². The van der Waals surface area contributed by atoms with Crippen LogP contribution in [0.5, 0.6) is 0 Å². The fourth-order valence-electron chi connectivity index (χ4n) is 1.91. The molecule has 21 heavy (non-hydrogen) atoms. The lowest BCUT2D eigenvalue weighted by Gasteiger charge is -2.13. The quantitative estimate of drug-likeness (QED) is 0.834. The molecule has 2 amide bonds. The number of carbonyl (C=O) groups is 2. The normalized spacial score (nSPS) is 11.6. The standard InChI is InChI=1S/C16H16N3O2/c17-16(21)14(13-6-2-1-3-7-13)9-15(20)19-11-12-5-4-8-18-10-12/h1-10,14H,11H2,(H2,17,21)(H,19,20). The zero-order valence-corrected chi connectivity index (χ0v) is 11.4. The highest BCUT2D eigenvalue weighted by molar-refractivity contribution is 5.95. The summed E-state index contributed by atoms with van der Waals surface area (Å²) in [6.45, 7) is 0.351. The molecule has 1 heterocycles. The Labute approximate surface area is 123 Å². The Morgan fingerprint density at radius 3 is 2.57 bits per heavy atom. The molecule has 107 valence electrons. The first-order valence-electron chi connectivity index (χ1n) is 6.52. The highest BCUT2D eigenvalue weighted by atomic mass is 16.2. The van der Waals surface area contributed by atoms with Gasteiger partial charge in [-0.1, -0.05) is 36.4 Å². The lowest BCUT2D eigenvalue weighted by molar-refractivity contribution is -0.123. The van der Waals surface area contributed by atoms with Gasteiger partial charge in [0.15, 0.2) is 0 Å². The monoisotopic (exact) mass is 282 g/mol. The number of amides is 2. The molecular formula is C16H16N3O2. The maximum atomic E-state index is 11.9. The number of rotatable bonds is 6. The lowest BCUT2D eigenvalue weighted by Crippen LogP contribution is -2.30. The third-order valence-electron chi connectivity index (χ3n) is 2.97. The van der Waals surface area contributed by atoms with Gasteiger partial charge < -0.3 is 11.1 Å². The summed E-state index contributed by atoms with van der Waals surface area (Å²) < 4.78 is 0. The van der Waals surface area contributed by atoms with Crippen molar-refractivity contribution < 1.29 is 9.59 Å². The summed E-state index contributed by atoms with van der Waals surface area (Å²) >= 11 is 0. The summed E-state index contributed by atoms with van der Waals surface area (Å²) in [7, 11) is 0. The number of hydrogen-bond donors (Lipinski definition) is 2. The molecular weight excluding hydrogens is 266 g/mol. The van der Waals surface area contributed by atoms with E-state index in [1.807, 2.05) is 12.1 Å². The predicted octanol–water partition coefficient (Wildman–Crippen LogP) is 1.17. The number of hydrogen-bond acceptors (Lipinski definition) is 3. The second kappa shape index (κ2) is 7.19. The Morgan fingerprint density at radius 2 is 1.95 bits per heavy atom. The molecule has 0 spiro atoms. The molecule has 1 atom stereocenters. The Hall–Kier alpha value is -2.69. The topological polar surface area (TPSA) is 85.1 Å². The van der Waals surface area contributed by atoms with Crippen LogP contribution in [-0.4, -0.2) is 16.8 Å². The van der Waals surface area contributed by atoms with Gasteiger partial charge in [0.25, 0.3) is 0 Å². The van der Waals surface area contributed by atoms with Crippen LogP contribution in [0, 0.1) is 6.42 Å². The van der Waals surface area contributed by atoms with Crippen LogP contribution in [0.15, 0.2) is 54.9 Å². The molecule has 5 heteroatoms. The highest BCUT2D eigenvalue weighted by Gasteiger charge is 2.21. The third-order valence-corrected chi connectivity index (χ3v) is 2.97. The van der Waals surface area contributed by atoms with Crippen molar-refractivity contribution in [2.75, 3.05) is 0 Å². The van der Waals surface area contributed by atoms with Crippen LogP contribution in [0.4, 0.5) is 0 Å². The van der Waals surface area contributed by atoms with Gasteiger partial charge in [0.05, 0.1) is 12.3 Å². The minimum absolute atomic E-state index is 0.341. The molecule has 1 radical (unpaired) electrons. The van der Waals surface area contributed by atoms with E-state index in [1.54, 1.807) is 42.7 Å². The maximum absolute atomic E-state index is 11.9. The molecule has 0 aliphatic carbocycles. The molecule has 1 aromatic heterocycles. The smallest absolute Gasteiger partial charge is 0.225 e. The van der Waals surface area contributed by atoms with Crippen LogP contribution in [-0.2, 0) is 16.1 Å². The van der Waals surface area contributed by atoms with E-state index >= 15 is 0 Å². The van der Waals surface area contributed by atoms with Gasteiger partial charge >= 0.3 is 0 Å². The van der Waals surface area contributed by atoms with E-state index in [2.05, 4.69) is 10.3 Å². The summed E-state index contributed by atoms with van der Waals surface area (Å²) in [5, 5.41) is 2.71. The van der Waals surface area contributed by atoms with E-state index in [0.29, 0.717) is 12.1 Å². The predicted molar refractivity (Wildman–Crippen MR) is 78.8 cm³/mol. The maximum Gasteiger partial charge on any atom is 0.225 e. The van der Waals surface area contributed by atoms with Crippen molar-refractivity contribution in [3.63, 3.8) is 0 Å². The summed E-state index contributed by atoms with van der Waals surface area (Å²) in [5.41, 5.74) is 6.94. The van der Waals surface area contributed by atoms with Crippen molar-refractivity contribution in [1.29, 1.82) is 0 Å². The molecule has 1 unspecified atom stereocenters. The summed E-state index contributed by atoms with van der Waals surface area (Å²) in [4.78, 5) is 27.4. The molecule has 0 saturated carbocycles. The largest absolute Gasteiger partial charge is 0.369 e. The number of pyridine rings is 1. The van der Waals surface area contributed by atoms with Crippen molar-refractivity contribution in [1.82, 2.24) is 10.3 Å². The molecule has 0 bridgehead atoms. The molecule has 0 saturated heterocycles. The Balaban J connectivity index is 1.95. The first-order chi connectivity index (χ1) is 10.2. The summed E-state index contributed by atoms with van der Waals surface area (Å²) in [5.74, 6) is -1.63. The molecule has 5 nitrogen and oxygen atoms in total. The fraction of sp³-hybridized carbons (Fsp3) is 0.125. The number of benzene rings is 1. The van der Waals surface area contributed by atoms with Gasteiger partial charge in [-0.3, -0.25) is 14.6 Å². The summed E-state index contributed by atoms with van der Waals surface area (Å²) in [6.07, 6.45) is 4.63. The van der Waals surface area contributed by atoms with Gasteiger partial charge in [-0.05, 0) is 17.2 Å². The second-order valence-corrected chi connectivity index (χ2v) is 4.54. The molecule has 2 rings (SSSR count).